The average molecular weight is 282 g/mol. The first-order valence-corrected chi connectivity index (χ1v) is 8.35. The summed E-state index contributed by atoms with van der Waals surface area (Å²) >= 11 is 0. The van der Waals surface area contributed by atoms with E-state index in [0.717, 1.165) is 0 Å². The number of benzene rings is 1. The molecule has 1 unspecified atom stereocenters. The van der Waals surface area contributed by atoms with E-state index in [9.17, 15) is 8.42 Å². The summed E-state index contributed by atoms with van der Waals surface area (Å²) < 4.78 is 27.4. The van der Waals surface area contributed by atoms with E-state index in [0.29, 0.717) is 35.5 Å². The Hall–Kier alpha value is -1.07. The maximum absolute atomic E-state index is 12.3. The zero-order valence-electron chi connectivity index (χ0n) is 11.5. The van der Waals surface area contributed by atoms with Gasteiger partial charge >= 0.3 is 0 Å². The van der Waals surface area contributed by atoms with Crippen molar-refractivity contribution in [2.24, 2.45) is 11.8 Å². The van der Waals surface area contributed by atoms with Gasteiger partial charge in [-0.25, -0.2) is 13.1 Å². The molecule has 0 aliphatic heterocycles. The SMILES string of the molecule is CCNc1ccccc1S(=O)(=O)NCC(C)C1CC1. The van der Waals surface area contributed by atoms with Gasteiger partial charge in [-0.1, -0.05) is 19.1 Å². The molecule has 0 spiro atoms. The third kappa shape index (κ3) is 3.70. The van der Waals surface area contributed by atoms with E-state index in [1.807, 2.05) is 13.0 Å². The lowest BCUT2D eigenvalue weighted by atomic mass is 10.1. The number of rotatable bonds is 7. The number of hydrogen-bond donors (Lipinski definition) is 2. The van der Waals surface area contributed by atoms with Crippen LogP contribution in [0.4, 0.5) is 5.69 Å². The second-order valence-corrected chi connectivity index (χ2v) is 6.93. The lowest BCUT2D eigenvalue weighted by Gasteiger charge is -2.14. The van der Waals surface area contributed by atoms with Crippen LogP contribution in [0.2, 0.25) is 0 Å². The molecular formula is C14H22N2O2S. The van der Waals surface area contributed by atoms with Gasteiger partial charge in [0.05, 0.1) is 5.69 Å². The molecule has 0 radical (unpaired) electrons. The predicted molar refractivity (Wildman–Crippen MR) is 77.7 cm³/mol. The molecule has 2 rings (SSSR count). The molecule has 106 valence electrons. The number of anilines is 1. The van der Waals surface area contributed by atoms with E-state index in [-0.39, 0.29) is 0 Å². The molecule has 19 heavy (non-hydrogen) atoms. The molecule has 5 heteroatoms. The van der Waals surface area contributed by atoms with Crippen molar-refractivity contribution in [2.45, 2.75) is 31.6 Å². The molecule has 1 fully saturated rings. The van der Waals surface area contributed by atoms with Gasteiger partial charge in [-0.2, -0.15) is 0 Å². The van der Waals surface area contributed by atoms with Crippen molar-refractivity contribution in [2.75, 3.05) is 18.4 Å². The predicted octanol–water partition coefficient (Wildman–Crippen LogP) is 2.44. The Kier molecular flexibility index (Phi) is 4.47. The highest BCUT2D eigenvalue weighted by Crippen LogP contribution is 2.36. The summed E-state index contributed by atoms with van der Waals surface area (Å²) in [5.41, 5.74) is 0.663. The Morgan fingerprint density at radius 3 is 2.63 bits per heavy atom. The number of hydrogen-bond acceptors (Lipinski definition) is 3. The topological polar surface area (TPSA) is 58.2 Å². The minimum atomic E-state index is -3.43. The van der Waals surface area contributed by atoms with Gasteiger partial charge in [-0.3, -0.25) is 0 Å². The van der Waals surface area contributed by atoms with Crippen molar-refractivity contribution < 1.29 is 8.42 Å². The molecule has 2 N–H and O–H groups in total. The van der Waals surface area contributed by atoms with E-state index in [1.54, 1.807) is 18.2 Å². The molecule has 1 aromatic rings. The first kappa shape index (κ1) is 14.3. The molecular weight excluding hydrogens is 260 g/mol. The largest absolute Gasteiger partial charge is 0.384 e. The van der Waals surface area contributed by atoms with Crippen molar-refractivity contribution in [1.82, 2.24) is 4.72 Å². The van der Waals surface area contributed by atoms with Crippen LogP contribution < -0.4 is 10.0 Å². The fourth-order valence-electron chi connectivity index (χ4n) is 2.19. The van der Waals surface area contributed by atoms with E-state index in [1.165, 1.54) is 12.8 Å². The molecule has 1 atom stereocenters. The van der Waals surface area contributed by atoms with Crippen LogP contribution in [0.3, 0.4) is 0 Å². The van der Waals surface area contributed by atoms with E-state index in [4.69, 9.17) is 0 Å². The van der Waals surface area contributed by atoms with Crippen molar-refractivity contribution in [1.29, 1.82) is 0 Å². The molecule has 1 aromatic carbocycles. The minimum absolute atomic E-state index is 0.333. The summed E-state index contributed by atoms with van der Waals surface area (Å²) in [5, 5.41) is 3.09. The van der Waals surface area contributed by atoms with Gasteiger partial charge in [0.15, 0.2) is 0 Å². The van der Waals surface area contributed by atoms with Gasteiger partial charge in [-0.05, 0) is 43.7 Å². The summed E-state index contributed by atoms with van der Waals surface area (Å²) in [7, 11) is -3.43. The molecule has 0 aromatic heterocycles. The lowest BCUT2D eigenvalue weighted by Crippen LogP contribution is -2.29. The second-order valence-electron chi connectivity index (χ2n) is 5.19. The number of nitrogens with one attached hydrogen (secondary N) is 2. The molecule has 0 amide bonds. The third-order valence-corrected chi connectivity index (χ3v) is 5.05. The standard InChI is InChI=1S/C14H22N2O2S/c1-3-15-13-6-4-5-7-14(13)19(17,18)16-10-11(2)12-8-9-12/h4-7,11-12,15-16H,3,8-10H2,1-2H3. The van der Waals surface area contributed by atoms with Gasteiger partial charge in [-0.15, -0.1) is 0 Å². The zero-order chi connectivity index (χ0) is 13.9. The second kappa shape index (κ2) is 5.92. The fraction of sp³-hybridized carbons (Fsp3) is 0.571. The van der Waals surface area contributed by atoms with E-state index in [2.05, 4.69) is 17.0 Å². The molecule has 0 heterocycles. The van der Waals surface area contributed by atoms with Crippen LogP contribution in [0, 0.1) is 11.8 Å². The summed E-state index contributed by atoms with van der Waals surface area (Å²) in [4.78, 5) is 0.333. The Bertz CT molecular complexity index is 524. The molecule has 1 saturated carbocycles. The van der Waals surface area contributed by atoms with Crippen LogP contribution in [0.5, 0.6) is 0 Å². The van der Waals surface area contributed by atoms with Crippen molar-refractivity contribution in [3.63, 3.8) is 0 Å². The van der Waals surface area contributed by atoms with Crippen LogP contribution in [-0.4, -0.2) is 21.5 Å². The summed E-state index contributed by atoms with van der Waals surface area (Å²) in [6, 6.07) is 7.02. The van der Waals surface area contributed by atoms with Crippen molar-refractivity contribution in [3.05, 3.63) is 24.3 Å². The first-order valence-electron chi connectivity index (χ1n) is 6.87. The van der Waals surface area contributed by atoms with Gasteiger partial charge in [0.25, 0.3) is 0 Å². The van der Waals surface area contributed by atoms with Crippen LogP contribution >= 0.6 is 0 Å². The first-order chi connectivity index (χ1) is 9.04. The van der Waals surface area contributed by atoms with Crippen LogP contribution in [0.15, 0.2) is 29.2 Å². The Labute approximate surface area is 115 Å². The quantitative estimate of drug-likeness (QED) is 0.807. The van der Waals surface area contributed by atoms with Crippen LogP contribution in [0.25, 0.3) is 0 Å². The highest BCUT2D eigenvalue weighted by molar-refractivity contribution is 7.89. The fourth-order valence-corrected chi connectivity index (χ4v) is 3.51. The Balaban J connectivity index is 2.09. The highest BCUT2D eigenvalue weighted by atomic mass is 32.2. The minimum Gasteiger partial charge on any atom is -0.384 e. The Morgan fingerprint density at radius 1 is 1.32 bits per heavy atom. The van der Waals surface area contributed by atoms with E-state index >= 15 is 0 Å². The highest BCUT2D eigenvalue weighted by Gasteiger charge is 2.29. The molecule has 0 bridgehead atoms. The Morgan fingerprint density at radius 2 is 2.00 bits per heavy atom. The van der Waals surface area contributed by atoms with Crippen molar-refractivity contribution >= 4 is 15.7 Å². The van der Waals surface area contributed by atoms with Gasteiger partial charge in [0.2, 0.25) is 10.0 Å². The summed E-state index contributed by atoms with van der Waals surface area (Å²) in [6.07, 6.45) is 2.47. The maximum Gasteiger partial charge on any atom is 0.242 e. The number of para-hydroxylation sites is 1. The van der Waals surface area contributed by atoms with Crippen molar-refractivity contribution in [3.8, 4) is 0 Å². The van der Waals surface area contributed by atoms with Crippen LogP contribution in [-0.2, 0) is 10.0 Å². The smallest absolute Gasteiger partial charge is 0.242 e. The van der Waals surface area contributed by atoms with Crippen LogP contribution in [0.1, 0.15) is 26.7 Å². The normalized spacial score (nSPS) is 17.2. The summed E-state index contributed by atoms with van der Waals surface area (Å²) in [6.45, 7) is 5.28. The monoisotopic (exact) mass is 282 g/mol. The lowest BCUT2D eigenvalue weighted by molar-refractivity contribution is 0.492. The van der Waals surface area contributed by atoms with Gasteiger partial charge in [0, 0.05) is 13.1 Å². The molecule has 4 nitrogen and oxygen atoms in total. The maximum atomic E-state index is 12.3. The number of sulfonamides is 1. The molecule has 1 aliphatic rings. The molecule has 0 saturated heterocycles. The van der Waals surface area contributed by atoms with Gasteiger partial charge in [0.1, 0.15) is 4.90 Å². The van der Waals surface area contributed by atoms with Gasteiger partial charge < -0.3 is 5.32 Å². The van der Waals surface area contributed by atoms with E-state index < -0.39 is 10.0 Å². The molecule has 1 aliphatic carbocycles. The average Bonchev–Trinajstić information content (AvgIpc) is 3.21. The zero-order valence-corrected chi connectivity index (χ0v) is 12.3. The third-order valence-electron chi connectivity index (χ3n) is 3.57. The summed E-state index contributed by atoms with van der Waals surface area (Å²) in [5.74, 6) is 1.12.